The van der Waals surface area contributed by atoms with Crippen LogP contribution in [-0.2, 0) is 18.4 Å². The summed E-state index contributed by atoms with van der Waals surface area (Å²) in [6.07, 6.45) is 1.74. The number of hydrogen-bond donors (Lipinski definition) is 0. The Morgan fingerprint density at radius 3 is 2.68 bits per heavy atom. The zero-order valence-electron chi connectivity index (χ0n) is 14.1. The van der Waals surface area contributed by atoms with Crippen LogP contribution >= 0.6 is 0 Å². The minimum atomic E-state index is -0.671. The lowest BCUT2D eigenvalue weighted by Gasteiger charge is -2.08. The number of halogens is 2. The van der Waals surface area contributed by atoms with Gasteiger partial charge in [-0.05, 0) is 25.1 Å². The molecule has 0 radical (unpaired) electrons. The average Bonchev–Trinajstić information content (AvgIpc) is 2.84. The number of benzene rings is 1. The molecule has 7 heteroatoms. The second-order valence-electron chi connectivity index (χ2n) is 5.92. The molecule has 0 spiro atoms. The van der Waals surface area contributed by atoms with E-state index in [1.54, 1.807) is 20.0 Å². The Kier molecular flexibility index (Phi) is 4.24. The Hall–Kier alpha value is -2.83. The van der Waals surface area contributed by atoms with Crippen LogP contribution in [0.25, 0.3) is 22.3 Å². The molecule has 0 aliphatic heterocycles. The van der Waals surface area contributed by atoms with Crippen LogP contribution in [0.2, 0.25) is 0 Å². The van der Waals surface area contributed by atoms with E-state index in [0.29, 0.717) is 23.1 Å². The van der Waals surface area contributed by atoms with Crippen LogP contribution < -0.4 is 5.69 Å². The molecule has 130 valence electrons. The topological polar surface area (TPSA) is 56.9 Å². The number of carbonyl (C=O) groups excluding carboxylic acids is 1. The molecule has 0 N–H and O–H groups in total. The highest BCUT2D eigenvalue weighted by atomic mass is 19.1. The molecule has 5 nitrogen and oxygen atoms in total. The lowest BCUT2D eigenvalue weighted by atomic mass is 10.0. The number of carbonyl (C=O) groups is 1. The van der Waals surface area contributed by atoms with Crippen molar-refractivity contribution in [2.75, 3.05) is 0 Å². The summed E-state index contributed by atoms with van der Waals surface area (Å²) in [6, 6.07) is 4.13. The first kappa shape index (κ1) is 17.0. The van der Waals surface area contributed by atoms with E-state index in [9.17, 15) is 18.4 Å². The third-order valence-corrected chi connectivity index (χ3v) is 4.33. The van der Waals surface area contributed by atoms with E-state index >= 15 is 0 Å². The molecule has 2 aromatic heterocycles. The summed E-state index contributed by atoms with van der Waals surface area (Å²) in [4.78, 5) is 28.4. The molecule has 0 saturated carbocycles. The zero-order valence-corrected chi connectivity index (χ0v) is 14.1. The molecule has 3 rings (SSSR count). The highest BCUT2D eigenvalue weighted by Gasteiger charge is 2.17. The first-order chi connectivity index (χ1) is 11.8. The first-order valence-corrected chi connectivity index (χ1v) is 7.87. The SMILES string of the molecule is CCC(=O)Cn1c(=O)n(C)c2ncc(-c3ccc(F)c(C)c3F)cc21. The molecular weight excluding hydrogens is 328 g/mol. The van der Waals surface area contributed by atoms with E-state index < -0.39 is 11.6 Å². The number of aromatic nitrogens is 3. The Labute approximate surface area is 142 Å². The van der Waals surface area contributed by atoms with Gasteiger partial charge in [0.2, 0.25) is 0 Å². The van der Waals surface area contributed by atoms with E-state index in [1.165, 1.54) is 34.4 Å². The fourth-order valence-electron chi connectivity index (χ4n) is 2.75. The van der Waals surface area contributed by atoms with Crippen molar-refractivity contribution >= 4 is 16.9 Å². The number of hydrogen-bond acceptors (Lipinski definition) is 3. The van der Waals surface area contributed by atoms with Gasteiger partial charge in [-0.3, -0.25) is 13.9 Å². The number of fused-ring (bicyclic) bond motifs is 1. The van der Waals surface area contributed by atoms with E-state index in [4.69, 9.17) is 0 Å². The highest BCUT2D eigenvalue weighted by molar-refractivity contribution is 5.83. The third-order valence-electron chi connectivity index (χ3n) is 4.33. The van der Waals surface area contributed by atoms with Gasteiger partial charge in [-0.25, -0.2) is 18.6 Å². The number of Topliss-reactive ketones (excluding diaryl/α,β-unsaturated/α-hetero) is 1. The van der Waals surface area contributed by atoms with Crippen molar-refractivity contribution in [3.8, 4) is 11.1 Å². The molecule has 0 fully saturated rings. The first-order valence-electron chi connectivity index (χ1n) is 7.87. The quantitative estimate of drug-likeness (QED) is 0.730. The Bertz CT molecular complexity index is 1050. The van der Waals surface area contributed by atoms with Crippen LogP contribution in [0.5, 0.6) is 0 Å². The number of rotatable bonds is 4. The molecule has 0 aliphatic carbocycles. The van der Waals surface area contributed by atoms with Gasteiger partial charge < -0.3 is 0 Å². The summed E-state index contributed by atoms with van der Waals surface area (Å²) in [5.41, 5.74) is 1.00. The van der Waals surface area contributed by atoms with Crippen LogP contribution in [0.3, 0.4) is 0 Å². The number of ketones is 1. The van der Waals surface area contributed by atoms with Crippen LogP contribution in [-0.4, -0.2) is 19.9 Å². The monoisotopic (exact) mass is 345 g/mol. The molecule has 0 saturated heterocycles. The molecule has 0 atom stereocenters. The van der Waals surface area contributed by atoms with E-state index in [1.807, 2.05) is 0 Å². The molecule has 1 aromatic carbocycles. The van der Waals surface area contributed by atoms with Crippen molar-refractivity contribution in [2.24, 2.45) is 7.05 Å². The zero-order chi connectivity index (χ0) is 18.3. The van der Waals surface area contributed by atoms with E-state index in [2.05, 4.69) is 4.98 Å². The van der Waals surface area contributed by atoms with Crippen molar-refractivity contribution in [3.63, 3.8) is 0 Å². The summed E-state index contributed by atoms with van der Waals surface area (Å²) < 4.78 is 30.6. The van der Waals surface area contributed by atoms with Crippen LogP contribution in [0, 0.1) is 18.6 Å². The summed E-state index contributed by atoms with van der Waals surface area (Å²) >= 11 is 0. The van der Waals surface area contributed by atoms with Gasteiger partial charge in [-0.15, -0.1) is 0 Å². The molecular formula is C18H17F2N3O2. The van der Waals surface area contributed by atoms with Gasteiger partial charge in [0.05, 0.1) is 12.1 Å². The fraction of sp³-hybridized carbons (Fsp3) is 0.278. The summed E-state index contributed by atoms with van der Waals surface area (Å²) in [5, 5.41) is 0. The van der Waals surface area contributed by atoms with Gasteiger partial charge in [0.1, 0.15) is 11.6 Å². The van der Waals surface area contributed by atoms with Gasteiger partial charge in [-0.1, -0.05) is 6.92 Å². The average molecular weight is 345 g/mol. The summed E-state index contributed by atoms with van der Waals surface area (Å²) in [6.45, 7) is 3.01. The van der Waals surface area contributed by atoms with Gasteiger partial charge in [0.15, 0.2) is 11.4 Å². The van der Waals surface area contributed by atoms with Crippen molar-refractivity contribution in [1.82, 2.24) is 14.1 Å². The molecule has 3 aromatic rings. The second-order valence-corrected chi connectivity index (χ2v) is 5.92. The maximum absolute atomic E-state index is 14.4. The summed E-state index contributed by atoms with van der Waals surface area (Å²) in [5.74, 6) is -1.39. The van der Waals surface area contributed by atoms with Crippen LogP contribution in [0.4, 0.5) is 8.78 Å². The maximum Gasteiger partial charge on any atom is 0.330 e. The van der Waals surface area contributed by atoms with Gasteiger partial charge in [0, 0.05) is 36.4 Å². The third kappa shape index (κ3) is 2.75. The molecule has 0 bridgehead atoms. The molecule has 0 aliphatic rings. The number of pyridine rings is 1. The largest absolute Gasteiger partial charge is 0.330 e. The number of aryl methyl sites for hydroxylation is 1. The molecule has 2 heterocycles. The van der Waals surface area contributed by atoms with Crippen molar-refractivity contribution in [1.29, 1.82) is 0 Å². The normalized spacial score (nSPS) is 11.2. The summed E-state index contributed by atoms with van der Waals surface area (Å²) in [7, 11) is 1.56. The Morgan fingerprint density at radius 1 is 1.28 bits per heavy atom. The van der Waals surface area contributed by atoms with E-state index in [0.717, 1.165) is 0 Å². The fourth-order valence-corrected chi connectivity index (χ4v) is 2.75. The molecule has 25 heavy (non-hydrogen) atoms. The lowest BCUT2D eigenvalue weighted by Crippen LogP contribution is -2.25. The van der Waals surface area contributed by atoms with Crippen molar-refractivity contribution in [2.45, 2.75) is 26.8 Å². The van der Waals surface area contributed by atoms with Crippen LogP contribution in [0.1, 0.15) is 18.9 Å². The number of nitrogens with zero attached hydrogens (tertiary/aromatic N) is 3. The predicted octanol–water partition coefficient (Wildman–Crippen LogP) is 2.97. The van der Waals surface area contributed by atoms with E-state index in [-0.39, 0.29) is 29.1 Å². The van der Waals surface area contributed by atoms with Crippen LogP contribution in [0.15, 0.2) is 29.2 Å². The minimum Gasteiger partial charge on any atom is -0.298 e. The van der Waals surface area contributed by atoms with Gasteiger partial charge in [0.25, 0.3) is 0 Å². The van der Waals surface area contributed by atoms with Gasteiger partial charge >= 0.3 is 5.69 Å². The molecule has 0 amide bonds. The second kappa shape index (κ2) is 6.23. The van der Waals surface area contributed by atoms with Crippen molar-refractivity contribution < 1.29 is 13.6 Å². The molecule has 0 unspecified atom stereocenters. The Morgan fingerprint density at radius 2 is 2.00 bits per heavy atom. The smallest absolute Gasteiger partial charge is 0.298 e. The van der Waals surface area contributed by atoms with Gasteiger partial charge in [-0.2, -0.15) is 0 Å². The number of imidazole rings is 1. The predicted molar refractivity (Wildman–Crippen MR) is 90.4 cm³/mol. The standard InChI is InChI=1S/C18H17F2N3O2/c1-4-12(24)9-23-15-7-11(8-21-17(15)22(3)18(23)25)13-5-6-14(19)10(2)16(13)20/h5-8H,4,9H2,1-3H3. The van der Waals surface area contributed by atoms with Crippen molar-refractivity contribution in [3.05, 3.63) is 52.1 Å². The Balaban J connectivity index is 2.24. The minimum absolute atomic E-state index is 0.0667. The maximum atomic E-state index is 14.4. The highest BCUT2D eigenvalue weighted by Crippen LogP contribution is 2.27. The lowest BCUT2D eigenvalue weighted by molar-refractivity contribution is -0.119.